The second-order valence-electron chi connectivity index (χ2n) is 21.7. The predicted molar refractivity (Wildman–Crippen MR) is 338 cm³/mol. The number of anilines is 6. The van der Waals surface area contributed by atoms with E-state index in [0.717, 1.165) is 78.0 Å². The molecule has 0 unspecified atom stereocenters. The van der Waals surface area contributed by atoms with Gasteiger partial charge in [-0.3, -0.25) is 0 Å². The molecule has 0 amide bonds. The molecule has 0 bridgehead atoms. The molecule has 0 fully saturated rings. The molecule has 0 saturated carbocycles. The summed E-state index contributed by atoms with van der Waals surface area (Å²) in [4.78, 5) is 4.79. The SMILES string of the molecule is Cc1cccc(N(c2ccc3ccc4c(-c5cccc(-c6ccc7ccc8c(N(c9cccc(C)c9)c9cccc%10c9oc9ccccc9%10)ccc9ccc6c7c98)c5)ccc5ccc2c3c54)c2cccc3c2oc2ccccc23)c1. The van der Waals surface area contributed by atoms with Gasteiger partial charge in [-0.15, -0.1) is 0 Å². The van der Waals surface area contributed by atoms with Crippen molar-refractivity contribution in [2.45, 2.75) is 13.8 Å². The standard InChI is InChI=1S/C76H48N2O2/c1-45-12-7-16-53(42-45)77(67-22-10-20-61-57-18-3-5-24-69(57)79-75(61)67)65-40-32-49-28-36-59-55(34-26-47-30-38-63(65)73(49)71(47)59)51-14-9-15-52(44-51)56-35-27-48-31-39-64-66(41-33-50-29-37-60(56)72(48)74(50)64)78(54-17-8-13-46(2)43-54)68-23-11-21-62-58-19-4-6-25-70(58)80-76(62)68/h3-44H,1-2H3. The molecule has 374 valence electrons. The van der Waals surface area contributed by atoms with Crippen molar-refractivity contribution >= 4 is 143 Å². The van der Waals surface area contributed by atoms with Crippen LogP contribution in [0.2, 0.25) is 0 Å². The number of benzene rings is 15. The third kappa shape index (κ3) is 6.57. The van der Waals surface area contributed by atoms with Crippen LogP contribution in [0.25, 0.3) is 131 Å². The fraction of sp³-hybridized carbons (Fsp3) is 0.0263. The van der Waals surface area contributed by atoms with Gasteiger partial charge in [0.2, 0.25) is 0 Å². The molecular formula is C76H48N2O2. The summed E-state index contributed by atoms with van der Waals surface area (Å²) in [5, 5.41) is 19.2. The Hall–Kier alpha value is -10.4. The zero-order valence-electron chi connectivity index (χ0n) is 44.0. The van der Waals surface area contributed by atoms with E-state index in [1.165, 1.54) is 98.0 Å². The van der Waals surface area contributed by atoms with Crippen LogP contribution in [-0.4, -0.2) is 0 Å². The van der Waals surface area contributed by atoms with Gasteiger partial charge in [-0.05, 0) is 168 Å². The molecule has 2 aromatic heterocycles. The van der Waals surface area contributed by atoms with Gasteiger partial charge in [-0.2, -0.15) is 0 Å². The van der Waals surface area contributed by atoms with Crippen LogP contribution in [0.3, 0.4) is 0 Å². The highest BCUT2D eigenvalue weighted by Crippen LogP contribution is 2.51. The highest BCUT2D eigenvalue weighted by molar-refractivity contribution is 6.30. The molecule has 0 atom stereocenters. The molecule has 17 rings (SSSR count). The molecule has 0 aliphatic rings. The van der Waals surface area contributed by atoms with E-state index in [-0.39, 0.29) is 0 Å². The normalized spacial score (nSPS) is 12.1. The van der Waals surface area contributed by atoms with Gasteiger partial charge in [0.25, 0.3) is 0 Å². The molecule has 2 heterocycles. The first-order valence-electron chi connectivity index (χ1n) is 27.6. The molecule has 0 N–H and O–H groups in total. The number of aryl methyl sites for hydroxylation is 2. The smallest absolute Gasteiger partial charge is 0.159 e. The van der Waals surface area contributed by atoms with Crippen molar-refractivity contribution < 1.29 is 8.83 Å². The number of nitrogens with zero attached hydrogens (tertiary/aromatic N) is 2. The first-order chi connectivity index (χ1) is 39.5. The van der Waals surface area contributed by atoms with Crippen LogP contribution in [0, 0.1) is 13.8 Å². The van der Waals surface area contributed by atoms with Gasteiger partial charge in [-0.25, -0.2) is 0 Å². The van der Waals surface area contributed by atoms with E-state index >= 15 is 0 Å². The zero-order valence-corrected chi connectivity index (χ0v) is 44.0. The van der Waals surface area contributed by atoms with Crippen molar-refractivity contribution in [3.05, 3.63) is 266 Å². The highest BCUT2D eigenvalue weighted by Gasteiger charge is 2.26. The summed E-state index contributed by atoms with van der Waals surface area (Å²) >= 11 is 0. The summed E-state index contributed by atoms with van der Waals surface area (Å²) in [5.74, 6) is 0. The minimum absolute atomic E-state index is 0.871. The Morgan fingerprint density at radius 1 is 0.263 bits per heavy atom. The highest BCUT2D eigenvalue weighted by atomic mass is 16.3. The summed E-state index contributed by atoms with van der Waals surface area (Å²) in [7, 11) is 0. The second-order valence-corrected chi connectivity index (χ2v) is 21.7. The van der Waals surface area contributed by atoms with Crippen molar-refractivity contribution in [2.75, 3.05) is 9.80 Å². The molecule has 0 aliphatic heterocycles. The largest absolute Gasteiger partial charge is 0.454 e. The van der Waals surface area contributed by atoms with Crippen LogP contribution in [0.1, 0.15) is 11.1 Å². The quantitative estimate of drug-likeness (QED) is 0.142. The first-order valence-corrected chi connectivity index (χ1v) is 27.6. The summed E-state index contributed by atoms with van der Waals surface area (Å²) in [6, 6.07) is 93.5. The molecule has 17 aromatic rings. The summed E-state index contributed by atoms with van der Waals surface area (Å²) < 4.78 is 13.5. The summed E-state index contributed by atoms with van der Waals surface area (Å²) in [6.07, 6.45) is 0. The van der Waals surface area contributed by atoms with Gasteiger partial charge in [-0.1, -0.05) is 188 Å². The Bertz CT molecular complexity index is 5040. The van der Waals surface area contributed by atoms with Gasteiger partial charge in [0.1, 0.15) is 11.2 Å². The molecule has 80 heavy (non-hydrogen) atoms. The lowest BCUT2D eigenvalue weighted by atomic mass is 9.87. The lowest BCUT2D eigenvalue weighted by Gasteiger charge is -2.28. The van der Waals surface area contributed by atoms with Crippen molar-refractivity contribution in [2.24, 2.45) is 0 Å². The number of para-hydroxylation sites is 4. The van der Waals surface area contributed by atoms with E-state index in [9.17, 15) is 0 Å². The van der Waals surface area contributed by atoms with Gasteiger partial charge < -0.3 is 18.6 Å². The lowest BCUT2D eigenvalue weighted by molar-refractivity contribution is 0.669. The van der Waals surface area contributed by atoms with Crippen LogP contribution in [-0.2, 0) is 0 Å². The van der Waals surface area contributed by atoms with Crippen LogP contribution < -0.4 is 9.80 Å². The first kappa shape index (κ1) is 44.7. The number of hydrogen-bond donors (Lipinski definition) is 0. The van der Waals surface area contributed by atoms with Crippen molar-refractivity contribution in [3.8, 4) is 22.3 Å². The Morgan fingerprint density at radius 2 is 0.637 bits per heavy atom. The number of furan rings is 2. The maximum atomic E-state index is 6.74. The Labute approximate surface area is 460 Å². The Balaban J connectivity index is 0.821. The van der Waals surface area contributed by atoms with Gasteiger partial charge in [0, 0.05) is 43.7 Å². The van der Waals surface area contributed by atoms with Gasteiger partial charge >= 0.3 is 0 Å². The third-order valence-electron chi connectivity index (χ3n) is 17.0. The predicted octanol–water partition coefficient (Wildman–Crippen LogP) is 22.2. The topological polar surface area (TPSA) is 32.8 Å². The molecule has 4 nitrogen and oxygen atoms in total. The Morgan fingerprint density at radius 3 is 1.10 bits per heavy atom. The van der Waals surface area contributed by atoms with E-state index in [1.54, 1.807) is 0 Å². The van der Waals surface area contributed by atoms with Crippen LogP contribution >= 0.6 is 0 Å². The lowest BCUT2D eigenvalue weighted by Crippen LogP contribution is -2.11. The average Bonchev–Trinajstić information content (AvgIpc) is 3.92. The maximum absolute atomic E-state index is 6.74. The molecule has 0 spiro atoms. The molecule has 15 aromatic carbocycles. The summed E-state index contributed by atoms with van der Waals surface area (Å²) in [5.41, 5.74) is 17.1. The third-order valence-corrected chi connectivity index (χ3v) is 17.0. The van der Waals surface area contributed by atoms with Gasteiger partial charge in [0.05, 0.1) is 22.7 Å². The Kier molecular flexibility index (Phi) is 9.52. The maximum Gasteiger partial charge on any atom is 0.159 e. The summed E-state index contributed by atoms with van der Waals surface area (Å²) in [6.45, 7) is 4.33. The van der Waals surface area contributed by atoms with Crippen molar-refractivity contribution in [1.29, 1.82) is 0 Å². The number of rotatable bonds is 8. The van der Waals surface area contributed by atoms with Crippen molar-refractivity contribution in [3.63, 3.8) is 0 Å². The number of hydrogen-bond acceptors (Lipinski definition) is 4. The molecular weight excluding hydrogens is 973 g/mol. The van der Waals surface area contributed by atoms with E-state index in [1.807, 2.05) is 12.1 Å². The van der Waals surface area contributed by atoms with Crippen LogP contribution in [0.15, 0.2) is 264 Å². The van der Waals surface area contributed by atoms with Crippen LogP contribution in [0.5, 0.6) is 0 Å². The van der Waals surface area contributed by atoms with E-state index in [4.69, 9.17) is 8.83 Å². The average molecular weight is 1020 g/mol. The molecule has 4 heteroatoms. The van der Waals surface area contributed by atoms with E-state index in [2.05, 4.69) is 266 Å². The zero-order chi connectivity index (χ0) is 52.7. The van der Waals surface area contributed by atoms with Crippen molar-refractivity contribution in [1.82, 2.24) is 0 Å². The van der Waals surface area contributed by atoms with E-state index < -0.39 is 0 Å². The van der Waals surface area contributed by atoms with Gasteiger partial charge in [0.15, 0.2) is 11.2 Å². The number of fused-ring (bicyclic) bond motifs is 6. The second kappa shape index (κ2) is 17.0. The minimum Gasteiger partial charge on any atom is -0.454 e. The molecule has 0 aliphatic carbocycles. The molecule has 0 radical (unpaired) electrons. The van der Waals surface area contributed by atoms with Crippen LogP contribution in [0.4, 0.5) is 34.1 Å². The fourth-order valence-corrected chi connectivity index (χ4v) is 13.5. The van der Waals surface area contributed by atoms with E-state index in [0.29, 0.717) is 0 Å². The minimum atomic E-state index is 0.871. The molecule has 0 saturated heterocycles. The fourth-order valence-electron chi connectivity index (χ4n) is 13.5. The monoisotopic (exact) mass is 1020 g/mol.